The molecule has 0 aliphatic rings. The number of thioether (sulfide) groups is 1. The van der Waals surface area contributed by atoms with Crippen molar-refractivity contribution >= 4 is 35.0 Å². The van der Waals surface area contributed by atoms with Crippen molar-refractivity contribution in [2.24, 2.45) is 0 Å². The molecule has 0 aliphatic heterocycles. The van der Waals surface area contributed by atoms with Crippen molar-refractivity contribution in [2.75, 3.05) is 16.4 Å². The Balaban J connectivity index is 1.88. The van der Waals surface area contributed by atoms with Crippen LogP contribution in [-0.4, -0.2) is 22.8 Å². The summed E-state index contributed by atoms with van der Waals surface area (Å²) in [5.74, 6) is -0.878. The lowest BCUT2D eigenvalue weighted by molar-refractivity contribution is -0.137. The predicted molar refractivity (Wildman–Crippen MR) is 106 cm³/mol. The number of carbonyl (C=O) groups excluding carboxylic acids is 2. The van der Waals surface area contributed by atoms with E-state index in [1.807, 2.05) is 19.1 Å². The van der Waals surface area contributed by atoms with Gasteiger partial charge in [-0.1, -0.05) is 31.2 Å². The first-order valence-corrected chi connectivity index (χ1v) is 9.73. The molecule has 2 amide bonds. The van der Waals surface area contributed by atoms with Crippen LogP contribution in [0.2, 0.25) is 0 Å². The smallest absolute Gasteiger partial charge is 0.325 e. The van der Waals surface area contributed by atoms with E-state index in [0.29, 0.717) is 5.69 Å². The number of hydrogen-bond donors (Lipinski definition) is 2. The van der Waals surface area contributed by atoms with Gasteiger partial charge < -0.3 is 10.6 Å². The van der Waals surface area contributed by atoms with E-state index >= 15 is 0 Å². The van der Waals surface area contributed by atoms with Gasteiger partial charge in [-0.3, -0.25) is 9.59 Å². The second-order valence-electron chi connectivity index (χ2n) is 6.08. The number of anilines is 2. The monoisotopic (exact) mass is 410 g/mol. The van der Waals surface area contributed by atoms with Crippen LogP contribution >= 0.6 is 11.8 Å². The van der Waals surface area contributed by atoms with Gasteiger partial charge in [0.2, 0.25) is 11.8 Å². The summed E-state index contributed by atoms with van der Waals surface area (Å²) in [6.45, 7) is 3.57. The zero-order valence-corrected chi connectivity index (χ0v) is 16.3. The Bertz CT molecular complexity index is 823. The van der Waals surface area contributed by atoms with E-state index in [9.17, 15) is 22.8 Å². The molecular formula is C20H21F3N2O2S. The summed E-state index contributed by atoms with van der Waals surface area (Å²) >= 11 is 1.05. The number of halogens is 3. The van der Waals surface area contributed by atoms with Crippen LogP contribution in [0.25, 0.3) is 0 Å². The maximum absolute atomic E-state index is 13.0. The number of nitrogens with one attached hydrogen (secondary N) is 2. The van der Waals surface area contributed by atoms with Crippen LogP contribution in [0.15, 0.2) is 48.5 Å². The Kier molecular flexibility index (Phi) is 7.51. The lowest BCUT2D eigenvalue weighted by Crippen LogP contribution is -2.26. The van der Waals surface area contributed by atoms with Crippen LogP contribution in [0.5, 0.6) is 0 Å². The summed E-state index contributed by atoms with van der Waals surface area (Å²) in [5, 5.41) is 4.32. The van der Waals surface area contributed by atoms with E-state index in [-0.39, 0.29) is 17.3 Å². The van der Waals surface area contributed by atoms with Crippen molar-refractivity contribution in [1.82, 2.24) is 0 Å². The fourth-order valence-electron chi connectivity index (χ4n) is 2.37. The van der Waals surface area contributed by atoms with Crippen molar-refractivity contribution in [1.29, 1.82) is 0 Å². The fraction of sp³-hybridized carbons (Fsp3) is 0.300. The maximum atomic E-state index is 13.0. The van der Waals surface area contributed by atoms with E-state index in [1.54, 1.807) is 19.1 Å². The molecule has 0 heterocycles. The largest absolute Gasteiger partial charge is 0.418 e. The predicted octanol–water partition coefficient (Wildman–Crippen LogP) is 4.97. The van der Waals surface area contributed by atoms with Gasteiger partial charge >= 0.3 is 6.18 Å². The Morgan fingerprint density at radius 2 is 1.68 bits per heavy atom. The highest BCUT2D eigenvalue weighted by Crippen LogP contribution is 2.34. The second-order valence-corrected chi connectivity index (χ2v) is 7.41. The van der Waals surface area contributed by atoms with Gasteiger partial charge in [-0.05, 0) is 43.2 Å². The molecule has 0 saturated heterocycles. The molecule has 0 fully saturated rings. The molecule has 0 saturated carbocycles. The lowest BCUT2D eigenvalue weighted by Gasteiger charge is -2.16. The van der Waals surface area contributed by atoms with Crippen LogP contribution in [0.1, 0.15) is 25.0 Å². The van der Waals surface area contributed by atoms with Gasteiger partial charge in [0, 0.05) is 5.69 Å². The number of aryl methyl sites for hydroxylation is 1. The number of amides is 2. The SMILES string of the molecule is CCc1ccc(NC(=O)CS[C@H](C)C(=O)Nc2ccccc2C(F)(F)F)cc1. The molecule has 2 N–H and O–H groups in total. The van der Waals surface area contributed by atoms with Crippen LogP contribution < -0.4 is 10.6 Å². The van der Waals surface area contributed by atoms with Gasteiger partial charge in [0.15, 0.2) is 0 Å². The molecule has 0 aromatic heterocycles. The zero-order valence-electron chi connectivity index (χ0n) is 15.5. The molecule has 2 aromatic carbocycles. The first kappa shape index (κ1) is 21.8. The molecular weight excluding hydrogens is 389 g/mol. The van der Waals surface area contributed by atoms with Crippen molar-refractivity contribution in [2.45, 2.75) is 31.7 Å². The number of rotatable bonds is 7. The van der Waals surface area contributed by atoms with Crippen molar-refractivity contribution in [3.05, 3.63) is 59.7 Å². The molecule has 1 atom stereocenters. The number of para-hydroxylation sites is 1. The zero-order chi connectivity index (χ0) is 20.7. The van der Waals surface area contributed by atoms with Crippen LogP contribution in [0.3, 0.4) is 0 Å². The van der Waals surface area contributed by atoms with E-state index in [4.69, 9.17) is 0 Å². The third kappa shape index (κ3) is 6.30. The van der Waals surface area contributed by atoms with Gasteiger partial charge in [0.1, 0.15) is 0 Å². The Morgan fingerprint density at radius 3 is 2.29 bits per heavy atom. The minimum atomic E-state index is -4.56. The Labute approximate surface area is 165 Å². The fourth-order valence-corrected chi connectivity index (χ4v) is 3.05. The van der Waals surface area contributed by atoms with E-state index in [1.165, 1.54) is 18.2 Å². The minimum absolute atomic E-state index is 0.00499. The highest BCUT2D eigenvalue weighted by atomic mass is 32.2. The average molecular weight is 410 g/mol. The number of alkyl halides is 3. The van der Waals surface area contributed by atoms with Crippen LogP contribution in [-0.2, 0) is 22.2 Å². The number of carbonyl (C=O) groups is 2. The second kappa shape index (κ2) is 9.64. The van der Waals surface area contributed by atoms with Crippen LogP contribution in [0.4, 0.5) is 24.5 Å². The maximum Gasteiger partial charge on any atom is 0.418 e. The average Bonchev–Trinajstić information content (AvgIpc) is 2.66. The third-order valence-corrected chi connectivity index (χ3v) is 5.11. The van der Waals surface area contributed by atoms with E-state index in [2.05, 4.69) is 10.6 Å². The van der Waals surface area contributed by atoms with E-state index in [0.717, 1.165) is 29.8 Å². The molecule has 2 rings (SSSR count). The summed E-state index contributed by atoms with van der Waals surface area (Å²) in [5.41, 5.74) is 0.595. The molecule has 0 spiro atoms. The summed E-state index contributed by atoms with van der Waals surface area (Å²) in [7, 11) is 0. The summed E-state index contributed by atoms with van der Waals surface area (Å²) in [6, 6.07) is 12.2. The highest BCUT2D eigenvalue weighted by Gasteiger charge is 2.33. The molecule has 8 heteroatoms. The van der Waals surface area contributed by atoms with E-state index < -0.39 is 22.9 Å². The topological polar surface area (TPSA) is 58.2 Å². The number of benzene rings is 2. The minimum Gasteiger partial charge on any atom is -0.325 e. The van der Waals surface area contributed by atoms with Gasteiger partial charge in [0.25, 0.3) is 0 Å². The summed E-state index contributed by atoms with van der Waals surface area (Å²) in [6.07, 6.45) is -3.67. The Hall–Kier alpha value is -2.48. The Morgan fingerprint density at radius 1 is 1.04 bits per heavy atom. The molecule has 150 valence electrons. The lowest BCUT2D eigenvalue weighted by atomic mass is 10.1. The van der Waals surface area contributed by atoms with Gasteiger partial charge in [0.05, 0.1) is 22.3 Å². The molecule has 2 aromatic rings. The van der Waals surface area contributed by atoms with Crippen LogP contribution in [0, 0.1) is 0 Å². The molecule has 0 aliphatic carbocycles. The third-order valence-electron chi connectivity index (χ3n) is 3.97. The van der Waals surface area contributed by atoms with Gasteiger partial charge in [-0.25, -0.2) is 0 Å². The molecule has 4 nitrogen and oxygen atoms in total. The first-order chi connectivity index (χ1) is 13.2. The first-order valence-electron chi connectivity index (χ1n) is 8.68. The number of hydrogen-bond acceptors (Lipinski definition) is 3. The normalized spacial score (nSPS) is 12.3. The van der Waals surface area contributed by atoms with Crippen molar-refractivity contribution in [3.8, 4) is 0 Å². The van der Waals surface area contributed by atoms with Crippen molar-refractivity contribution in [3.63, 3.8) is 0 Å². The molecule has 0 radical (unpaired) electrons. The standard InChI is InChI=1S/C20H21F3N2O2S/c1-3-14-8-10-15(11-9-14)24-18(26)12-28-13(2)19(27)25-17-7-5-4-6-16(17)20(21,22)23/h4-11,13H,3,12H2,1-2H3,(H,24,26)(H,25,27)/t13-/m1/s1. The van der Waals surface area contributed by atoms with Gasteiger partial charge in [-0.2, -0.15) is 13.2 Å². The molecule has 28 heavy (non-hydrogen) atoms. The van der Waals surface area contributed by atoms with Crippen molar-refractivity contribution < 1.29 is 22.8 Å². The quantitative estimate of drug-likeness (QED) is 0.678. The molecule has 0 bridgehead atoms. The summed E-state index contributed by atoms with van der Waals surface area (Å²) < 4.78 is 39.0. The summed E-state index contributed by atoms with van der Waals surface area (Å²) in [4.78, 5) is 24.2. The van der Waals surface area contributed by atoms with Gasteiger partial charge in [-0.15, -0.1) is 11.8 Å². The molecule has 0 unspecified atom stereocenters. The highest BCUT2D eigenvalue weighted by molar-refractivity contribution is 8.01.